The maximum atomic E-state index is 13.1. The third-order valence-electron chi connectivity index (χ3n) is 4.38. The van der Waals surface area contributed by atoms with Crippen molar-refractivity contribution in [2.75, 3.05) is 31.1 Å². The molecule has 0 atom stereocenters. The predicted octanol–water partition coefficient (Wildman–Crippen LogP) is 2.31. The van der Waals surface area contributed by atoms with Crippen LogP contribution in [0.15, 0.2) is 12.1 Å². The number of anilines is 1. The molecule has 9 heteroatoms. The number of carbonyl (C=O) groups excluding carboxylic acids is 1. The molecule has 152 valence electrons. The average molecular weight is 402 g/mol. The molecule has 1 aromatic rings. The molecule has 1 aliphatic rings. The number of ether oxygens (including phenoxy) is 1. The summed E-state index contributed by atoms with van der Waals surface area (Å²) in [7, 11) is -4.63. The molecule has 1 amide bonds. The number of nitrogens with zero attached hydrogens (tertiary/aromatic N) is 2. The van der Waals surface area contributed by atoms with E-state index in [4.69, 9.17) is 10.5 Å². The Morgan fingerprint density at radius 1 is 1.22 bits per heavy atom. The summed E-state index contributed by atoms with van der Waals surface area (Å²) in [5.41, 5.74) is 8.12. The largest absolute Gasteiger partial charge is 0.444 e. The number of carbonyl (C=O) groups is 1. The fourth-order valence-corrected chi connectivity index (χ4v) is 3.67. The minimum absolute atomic E-state index is 0.233. The Morgan fingerprint density at radius 2 is 1.81 bits per heavy atom. The summed E-state index contributed by atoms with van der Waals surface area (Å²) in [5, 5.41) is 0. The van der Waals surface area contributed by atoms with Gasteiger partial charge in [-0.2, -0.15) is 8.42 Å². The van der Waals surface area contributed by atoms with Crippen LogP contribution in [0.1, 0.15) is 37.5 Å². The highest BCUT2D eigenvalue weighted by atomic mass is 32.3. The fourth-order valence-electron chi connectivity index (χ4n) is 3.10. The van der Waals surface area contributed by atoms with Crippen LogP contribution in [0.5, 0.6) is 0 Å². The molecule has 1 fully saturated rings. The highest BCUT2D eigenvalue weighted by molar-refractivity contribution is 7.85. The molecule has 1 aromatic carbocycles. The molecule has 27 heavy (non-hydrogen) atoms. The van der Waals surface area contributed by atoms with Crippen molar-refractivity contribution in [2.45, 2.75) is 45.6 Å². The molecule has 0 spiro atoms. The summed E-state index contributed by atoms with van der Waals surface area (Å²) in [4.78, 5) is 15.9. The lowest BCUT2D eigenvalue weighted by Crippen LogP contribution is -2.50. The second-order valence-corrected chi connectivity index (χ2v) is 9.11. The SMILES string of the molecule is Cc1c(CN)cc(CS(=O)(=O)F)cc1N1CCN(C(=O)OC(C)(C)C)CC1. The third-order valence-corrected chi connectivity index (χ3v) is 5.06. The van der Waals surface area contributed by atoms with E-state index in [9.17, 15) is 17.1 Å². The summed E-state index contributed by atoms with van der Waals surface area (Å²) in [5.74, 6) is -0.675. The van der Waals surface area contributed by atoms with Crippen molar-refractivity contribution >= 4 is 22.0 Å². The molecule has 1 heterocycles. The Hall–Kier alpha value is -1.87. The van der Waals surface area contributed by atoms with Crippen molar-refractivity contribution in [2.24, 2.45) is 5.73 Å². The maximum absolute atomic E-state index is 13.1. The van der Waals surface area contributed by atoms with Crippen molar-refractivity contribution in [3.63, 3.8) is 0 Å². The van der Waals surface area contributed by atoms with Crippen molar-refractivity contribution < 1.29 is 21.8 Å². The number of rotatable bonds is 4. The lowest BCUT2D eigenvalue weighted by Gasteiger charge is -2.37. The molecular weight excluding hydrogens is 373 g/mol. The molecule has 7 nitrogen and oxygen atoms in total. The summed E-state index contributed by atoms with van der Waals surface area (Å²) in [6, 6.07) is 3.32. The smallest absolute Gasteiger partial charge is 0.410 e. The molecule has 0 unspecified atom stereocenters. The molecule has 0 aromatic heterocycles. The Morgan fingerprint density at radius 3 is 2.30 bits per heavy atom. The first-order chi connectivity index (χ1) is 12.4. The summed E-state index contributed by atoms with van der Waals surface area (Å²) in [6.45, 7) is 9.71. The molecule has 2 N–H and O–H groups in total. The monoisotopic (exact) mass is 401 g/mol. The molecule has 0 saturated carbocycles. The first-order valence-corrected chi connectivity index (χ1v) is 10.4. The Balaban J connectivity index is 2.17. The lowest BCUT2D eigenvalue weighted by atomic mass is 10.0. The van der Waals surface area contributed by atoms with E-state index in [0.717, 1.165) is 16.8 Å². The zero-order chi connectivity index (χ0) is 20.4. The number of nitrogens with two attached hydrogens (primary N) is 1. The van der Waals surface area contributed by atoms with Crippen LogP contribution in [0, 0.1) is 6.92 Å². The van der Waals surface area contributed by atoms with Gasteiger partial charge in [-0.25, -0.2) is 4.79 Å². The number of halogens is 1. The molecule has 0 bridgehead atoms. The van der Waals surface area contributed by atoms with Crippen LogP contribution in [-0.4, -0.2) is 51.2 Å². The van der Waals surface area contributed by atoms with E-state index in [0.29, 0.717) is 31.7 Å². The second-order valence-electron chi connectivity index (χ2n) is 7.74. The number of amides is 1. The Bertz CT molecular complexity index is 798. The number of piperazine rings is 1. The van der Waals surface area contributed by atoms with Crippen LogP contribution in [0.2, 0.25) is 0 Å². The van der Waals surface area contributed by atoms with Gasteiger partial charge in [0, 0.05) is 38.4 Å². The van der Waals surface area contributed by atoms with Crippen LogP contribution in [-0.2, 0) is 27.3 Å². The number of hydrogen-bond donors (Lipinski definition) is 1. The van der Waals surface area contributed by atoms with Crippen LogP contribution in [0.25, 0.3) is 0 Å². The second kappa shape index (κ2) is 8.02. The maximum Gasteiger partial charge on any atom is 0.410 e. The van der Waals surface area contributed by atoms with Gasteiger partial charge in [-0.05, 0) is 50.5 Å². The first kappa shape index (κ1) is 21.4. The number of hydrogen-bond acceptors (Lipinski definition) is 6. The fraction of sp³-hybridized carbons (Fsp3) is 0.611. The Labute approximate surface area is 160 Å². The number of benzene rings is 1. The van der Waals surface area contributed by atoms with E-state index in [1.807, 2.05) is 27.7 Å². The van der Waals surface area contributed by atoms with Crippen molar-refractivity contribution in [3.8, 4) is 0 Å². The minimum atomic E-state index is -4.63. The van der Waals surface area contributed by atoms with Crippen molar-refractivity contribution in [1.82, 2.24) is 4.90 Å². The topological polar surface area (TPSA) is 92.9 Å². The zero-order valence-corrected chi connectivity index (χ0v) is 17.1. The molecular formula is C18H28FN3O4S. The van der Waals surface area contributed by atoms with Gasteiger partial charge in [0.15, 0.2) is 0 Å². The summed E-state index contributed by atoms with van der Waals surface area (Å²) < 4.78 is 40.6. The lowest BCUT2D eigenvalue weighted by molar-refractivity contribution is 0.0240. The van der Waals surface area contributed by atoms with Gasteiger partial charge in [0.1, 0.15) is 11.4 Å². The minimum Gasteiger partial charge on any atom is -0.444 e. The molecule has 1 saturated heterocycles. The summed E-state index contributed by atoms with van der Waals surface area (Å²) >= 11 is 0. The van der Waals surface area contributed by atoms with E-state index in [-0.39, 0.29) is 12.6 Å². The normalized spacial score (nSPS) is 15.8. The third kappa shape index (κ3) is 6.07. The van der Waals surface area contributed by atoms with E-state index >= 15 is 0 Å². The van der Waals surface area contributed by atoms with Gasteiger partial charge in [-0.15, -0.1) is 3.89 Å². The van der Waals surface area contributed by atoms with Gasteiger partial charge in [0.2, 0.25) is 0 Å². The highest BCUT2D eigenvalue weighted by Crippen LogP contribution is 2.28. The van der Waals surface area contributed by atoms with E-state index in [1.54, 1.807) is 17.0 Å². The van der Waals surface area contributed by atoms with Crippen LogP contribution >= 0.6 is 0 Å². The molecule has 0 aliphatic carbocycles. The van der Waals surface area contributed by atoms with E-state index in [1.165, 1.54) is 0 Å². The van der Waals surface area contributed by atoms with Gasteiger partial charge < -0.3 is 20.3 Å². The van der Waals surface area contributed by atoms with Gasteiger partial charge >= 0.3 is 16.3 Å². The first-order valence-electron chi connectivity index (χ1n) is 8.87. The predicted molar refractivity (Wildman–Crippen MR) is 103 cm³/mol. The summed E-state index contributed by atoms with van der Waals surface area (Å²) in [6.07, 6.45) is -0.348. The van der Waals surface area contributed by atoms with Gasteiger partial charge in [-0.1, -0.05) is 6.07 Å². The zero-order valence-electron chi connectivity index (χ0n) is 16.3. The Kier molecular flexibility index (Phi) is 6.36. The molecule has 1 aliphatic heterocycles. The van der Waals surface area contributed by atoms with Crippen LogP contribution in [0.4, 0.5) is 14.4 Å². The van der Waals surface area contributed by atoms with Crippen LogP contribution in [0.3, 0.4) is 0 Å². The van der Waals surface area contributed by atoms with Gasteiger partial charge in [-0.3, -0.25) is 0 Å². The quantitative estimate of drug-likeness (QED) is 0.779. The van der Waals surface area contributed by atoms with Crippen molar-refractivity contribution in [3.05, 3.63) is 28.8 Å². The van der Waals surface area contributed by atoms with Gasteiger partial charge in [0.05, 0.1) is 0 Å². The van der Waals surface area contributed by atoms with E-state index in [2.05, 4.69) is 4.90 Å². The van der Waals surface area contributed by atoms with Crippen molar-refractivity contribution in [1.29, 1.82) is 0 Å². The highest BCUT2D eigenvalue weighted by Gasteiger charge is 2.27. The van der Waals surface area contributed by atoms with Gasteiger partial charge in [0.25, 0.3) is 0 Å². The molecule has 0 radical (unpaired) electrons. The molecule has 2 rings (SSSR count). The standard InChI is InChI=1S/C18H28FN3O4S/c1-13-15(11-20)9-14(12-27(19,24)25)10-16(13)21-5-7-22(8-6-21)17(23)26-18(2,3)4/h9-10H,5-8,11-12,20H2,1-4H3. The average Bonchev–Trinajstić information content (AvgIpc) is 2.53. The van der Waals surface area contributed by atoms with Crippen LogP contribution < -0.4 is 10.6 Å². The van der Waals surface area contributed by atoms with E-state index < -0.39 is 21.6 Å².